The van der Waals surface area contributed by atoms with Gasteiger partial charge in [-0.1, -0.05) is 34.6 Å². The van der Waals surface area contributed by atoms with Crippen molar-refractivity contribution in [2.75, 3.05) is 13.1 Å². The maximum Gasteiger partial charge on any atom is 0.235 e. The summed E-state index contributed by atoms with van der Waals surface area (Å²) in [5, 5.41) is -0.140. The first-order chi connectivity index (χ1) is 7.23. The van der Waals surface area contributed by atoms with E-state index in [9.17, 15) is 4.79 Å². The van der Waals surface area contributed by atoms with Crippen molar-refractivity contribution in [1.29, 1.82) is 0 Å². The Labute approximate surface area is 105 Å². The molecule has 0 bridgehead atoms. The Morgan fingerprint density at radius 3 is 2.31 bits per heavy atom. The van der Waals surface area contributed by atoms with Crippen LogP contribution in [0.1, 0.15) is 41.0 Å². The topological polar surface area (TPSA) is 20.3 Å². The van der Waals surface area contributed by atoms with Crippen molar-refractivity contribution in [2.45, 2.75) is 46.3 Å². The number of thiol groups is 1. The molecular weight excluding hydrogens is 218 g/mol. The van der Waals surface area contributed by atoms with Crippen molar-refractivity contribution in [3.63, 3.8) is 0 Å². The van der Waals surface area contributed by atoms with Gasteiger partial charge < -0.3 is 4.90 Å². The molecule has 1 aliphatic rings. The lowest BCUT2D eigenvalue weighted by atomic mass is 9.80. The molecule has 0 saturated carbocycles. The Kier molecular flexibility index (Phi) is 4.33. The van der Waals surface area contributed by atoms with Crippen LogP contribution in [0.2, 0.25) is 0 Å². The lowest BCUT2D eigenvalue weighted by molar-refractivity contribution is -0.130. The third kappa shape index (κ3) is 3.16. The Hall–Kier alpha value is -0.180. The maximum atomic E-state index is 12.1. The average Bonchev–Trinajstić information content (AvgIpc) is 2.63. The van der Waals surface area contributed by atoms with Gasteiger partial charge in [-0.3, -0.25) is 4.79 Å². The molecule has 0 spiro atoms. The number of rotatable bonds is 2. The molecule has 1 saturated heterocycles. The standard InChI is InChI=1S/C13H25NOS/c1-9(2)11(16)12(15)14-7-6-10(8-14)13(3,4)5/h9-11,16H,6-8H2,1-5H3. The average molecular weight is 243 g/mol. The smallest absolute Gasteiger partial charge is 0.235 e. The van der Waals surface area contributed by atoms with Gasteiger partial charge in [0.15, 0.2) is 0 Å². The first-order valence-electron chi connectivity index (χ1n) is 6.20. The second-order valence-electron chi connectivity index (χ2n) is 6.32. The Bertz CT molecular complexity index is 257. The predicted octanol–water partition coefficient (Wildman–Crippen LogP) is 2.84. The zero-order chi connectivity index (χ0) is 12.5. The Morgan fingerprint density at radius 2 is 1.94 bits per heavy atom. The summed E-state index contributed by atoms with van der Waals surface area (Å²) in [6, 6.07) is 0. The van der Waals surface area contributed by atoms with Crippen LogP contribution in [-0.2, 0) is 4.79 Å². The fourth-order valence-corrected chi connectivity index (χ4v) is 2.30. The molecule has 0 N–H and O–H groups in total. The number of likely N-dealkylation sites (tertiary alicyclic amines) is 1. The normalized spacial score (nSPS) is 23.9. The zero-order valence-corrected chi connectivity index (χ0v) is 12.1. The number of carbonyl (C=O) groups excluding carboxylic acids is 1. The second kappa shape index (κ2) is 4.99. The van der Waals surface area contributed by atoms with E-state index in [0.29, 0.717) is 17.3 Å². The van der Waals surface area contributed by atoms with Crippen molar-refractivity contribution in [1.82, 2.24) is 4.90 Å². The van der Waals surface area contributed by atoms with Crippen LogP contribution in [0.25, 0.3) is 0 Å². The van der Waals surface area contributed by atoms with Crippen molar-refractivity contribution >= 4 is 18.5 Å². The van der Waals surface area contributed by atoms with E-state index in [0.717, 1.165) is 19.5 Å². The predicted molar refractivity (Wildman–Crippen MR) is 71.8 cm³/mol. The van der Waals surface area contributed by atoms with Crippen LogP contribution in [0.3, 0.4) is 0 Å². The van der Waals surface area contributed by atoms with Crippen LogP contribution in [0.5, 0.6) is 0 Å². The molecule has 0 aliphatic carbocycles. The van der Waals surface area contributed by atoms with E-state index >= 15 is 0 Å². The Balaban J connectivity index is 2.57. The summed E-state index contributed by atoms with van der Waals surface area (Å²) in [5.41, 5.74) is 0.305. The van der Waals surface area contributed by atoms with Crippen LogP contribution in [0.4, 0.5) is 0 Å². The van der Waals surface area contributed by atoms with E-state index in [-0.39, 0.29) is 11.2 Å². The van der Waals surface area contributed by atoms with Crippen LogP contribution < -0.4 is 0 Å². The van der Waals surface area contributed by atoms with E-state index in [1.807, 2.05) is 18.7 Å². The highest BCUT2D eigenvalue weighted by Gasteiger charge is 2.35. The van der Waals surface area contributed by atoms with Gasteiger partial charge in [0.25, 0.3) is 0 Å². The molecule has 0 radical (unpaired) electrons. The summed E-state index contributed by atoms with van der Waals surface area (Å²) in [6.45, 7) is 12.7. The summed E-state index contributed by atoms with van der Waals surface area (Å²) < 4.78 is 0. The second-order valence-corrected chi connectivity index (χ2v) is 6.88. The summed E-state index contributed by atoms with van der Waals surface area (Å²) >= 11 is 4.41. The summed E-state index contributed by atoms with van der Waals surface area (Å²) in [7, 11) is 0. The molecule has 1 fully saturated rings. The molecule has 16 heavy (non-hydrogen) atoms. The highest BCUT2D eigenvalue weighted by atomic mass is 32.1. The van der Waals surface area contributed by atoms with Gasteiger partial charge in [-0.25, -0.2) is 0 Å². The summed E-state index contributed by atoms with van der Waals surface area (Å²) in [6.07, 6.45) is 1.13. The molecule has 3 heteroatoms. The van der Waals surface area contributed by atoms with Crippen LogP contribution in [-0.4, -0.2) is 29.1 Å². The van der Waals surface area contributed by atoms with Gasteiger partial charge in [0.05, 0.1) is 5.25 Å². The fraction of sp³-hybridized carbons (Fsp3) is 0.923. The number of hydrogen-bond donors (Lipinski definition) is 1. The van der Waals surface area contributed by atoms with Gasteiger partial charge in [0.2, 0.25) is 5.91 Å². The molecule has 2 nitrogen and oxygen atoms in total. The quantitative estimate of drug-likeness (QED) is 0.740. The molecule has 1 amide bonds. The molecule has 2 unspecified atom stereocenters. The SMILES string of the molecule is CC(C)C(S)C(=O)N1CCC(C(C)(C)C)C1. The van der Waals surface area contributed by atoms with Crippen LogP contribution in [0.15, 0.2) is 0 Å². The van der Waals surface area contributed by atoms with Crippen LogP contribution >= 0.6 is 12.6 Å². The number of hydrogen-bond acceptors (Lipinski definition) is 2. The molecule has 94 valence electrons. The van der Waals surface area contributed by atoms with E-state index in [4.69, 9.17) is 0 Å². The number of carbonyl (C=O) groups is 1. The third-order valence-corrected chi connectivity index (χ3v) is 4.43. The maximum absolute atomic E-state index is 12.1. The minimum absolute atomic E-state index is 0.140. The van der Waals surface area contributed by atoms with E-state index in [1.54, 1.807) is 0 Å². The minimum Gasteiger partial charge on any atom is -0.341 e. The first-order valence-corrected chi connectivity index (χ1v) is 6.72. The van der Waals surface area contributed by atoms with E-state index < -0.39 is 0 Å². The van der Waals surface area contributed by atoms with E-state index in [1.165, 1.54) is 0 Å². The van der Waals surface area contributed by atoms with Crippen molar-refractivity contribution < 1.29 is 4.79 Å². The third-order valence-electron chi connectivity index (χ3n) is 3.61. The molecule has 0 aromatic heterocycles. The van der Waals surface area contributed by atoms with Gasteiger partial charge in [-0.2, -0.15) is 12.6 Å². The monoisotopic (exact) mass is 243 g/mol. The zero-order valence-electron chi connectivity index (χ0n) is 11.2. The van der Waals surface area contributed by atoms with Gasteiger partial charge in [0.1, 0.15) is 0 Å². The van der Waals surface area contributed by atoms with Crippen LogP contribution in [0, 0.1) is 17.3 Å². The van der Waals surface area contributed by atoms with Gasteiger partial charge in [0, 0.05) is 13.1 Å². The lowest BCUT2D eigenvalue weighted by Crippen LogP contribution is -2.38. The fourth-order valence-electron chi connectivity index (χ4n) is 2.14. The largest absolute Gasteiger partial charge is 0.341 e. The molecule has 1 rings (SSSR count). The first kappa shape index (κ1) is 13.9. The molecule has 1 aliphatic heterocycles. The lowest BCUT2D eigenvalue weighted by Gasteiger charge is -2.28. The summed E-state index contributed by atoms with van der Waals surface area (Å²) in [5.74, 6) is 1.15. The molecule has 2 atom stereocenters. The summed E-state index contributed by atoms with van der Waals surface area (Å²) in [4.78, 5) is 14.1. The molecular formula is C13H25NOS. The van der Waals surface area contributed by atoms with E-state index in [2.05, 4.69) is 33.4 Å². The molecule has 1 heterocycles. The molecule has 0 aromatic carbocycles. The highest BCUT2D eigenvalue weighted by molar-refractivity contribution is 7.81. The number of nitrogens with zero attached hydrogens (tertiary/aromatic N) is 1. The van der Waals surface area contributed by atoms with Crippen molar-refractivity contribution in [3.8, 4) is 0 Å². The van der Waals surface area contributed by atoms with Gasteiger partial charge in [-0.15, -0.1) is 0 Å². The minimum atomic E-state index is -0.140. The van der Waals surface area contributed by atoms with Gasteiger partial charge >= 0.3 is 0 Å². The van der Waals surface area contributed by atoms with Crippen molar-refractivity contribution in [2.24, 2.45) is 17.3 Å². The van der Waals surface area contributed by atoms with Crippen molar-refractivity contribution in [3.05, 3.63) is 0 Å². The number of amides is 1. The van der Waals surface area contributed by atoms with Gasteiger partial charge in [-0.05, 0) is 23.7 Å². The highest BCUT2D eigenvalue weighted by Crippen LogP contribution is 2.34. The molecule has 0 aromatic rings. The Morgan fingerprint density at radius 1 is 1.38 bits per heavy atom.